The van der Waals surface area contributed by atoms with Crippen molar-refractivity contribution in [2.24, 2.45) is 0 Å². The van der Waals surface area contributed by atoms with Crippen molar-refractivity contribution >= 4 is 11.0 Å². The van der Waals surface area contributed by atoms with E-state index in [0.717, 1.165) is 26.1 Å². The minimum atomic E-state index is -0.790. The molecule has 0 aliphatic carbocycles. The Morgan fingerprint density at radius 3 is 2.19 bits per heavy atom. The van der Waals surface area contributed by atoms with E-state index in [1.165, 1.54) is 0 Å². The predicted molar refractivity (Wildman–Crippen MR) is 75.0 cm³/mol. The largest absolute Gasteiger partial charge is 0.303 e. The van der Waals surface area contributed by atoms with Gasteiger partial charge in [0.15, 0.2) is 0 Å². The van der Waals surface area contributed by atoms with Crippen molar-refractivity contribution in [2.75, 3.05) is 32.9 Å². The third kappa shape index (κ3) is 6.40. The molecule has 0 aromatic heterocycles. The van der Waals surface area contributed by atoms with Crippen molar-refractivity contribution in [3.8, 4) is 0 Å². The molecule has 98 valence electrons. The predicted octanol–water partition coefficient (Wildman–Crippen LogP) is 2.13. The van der Waals surface area contributed by atoms with Crippen LogP contribution in [-0.2, 0) is 11.0 Å². The lowest BCUT2D eigenvalue weighted by Crippen LogP contribution is -2.51. The number of hydrogen-bond donors (Lipinski definition) is 0. The molecule has 16 heavy (non-hydrogen) atoms. The molecule has 1 aliphatic heterocycles. The van der Waals surface area contributed by atoms with Gasteiger partial charge in [-0.2, -0.15) is 0 Å². The van der Waals surface area contributed by atoms with Gasteiger partial charge in [-0.25, -0.2) is 8.51 Å². The molecule has 1 heterocycles. The molecule has 0 radical (unpaired) electrons. The van der Waals surface area contributed by atoms with Gasteiger partial charge >= 0.3 is 0 Å². The van der Waals surface area contributed by atoms with E-state index in [1.807, 2.05) is 13.8 Å². The molecule has 0 bridgehead atoms. The van der Waals surface area contributed by atoms with Gasteiger partial charge in [0.05, 0.1) is 11.0 Å². The Balaban J connectivity index is 0. The summed E-state index contributed by atoms with van der Waals surface area (Å²) in [6, 6.07) is 0.481. The molecule has 1 aliphatic rings. The van der Waals surface area contributed by atoms with E-state index in [-0.39, 0.29) is 0 Å². The standard InChI is InChI=1S/C8H18N2OS.C2H6.C2H4/c1-4-8-7-9(2)5-6-10(8)12(3)11;2*1-2/h8H,4-7H2,1-3H3;1-2H3;1-2H2. The molecule has 1 fully saturated rings. The van der Waals surface area contributed by atoms with Gasteiger partial charge in [0.2, 0.25) is 0 Å². The van der Waals surface area contributed by atoms with Crippen LogP contribution in [0.15, 0.2) is 13.2 Å². The molecule has 2 atom stereocenters. The lowest BCUT2D eigenvalue weighted by atomic mass is 10.2. The Labute approximate surface area is 104 Å². The van der Waals surface area contributed by atoms with Crippen molar-refractivity contribution in [3.63, 3.8) is 0 Å². The molecule has 1 rings (SSSR count). The van der Waals surface area contributed by atoms with E-state index in [1.54, 1.807) is 6.26 Å². The summed E-state index contributed by atoms with van der Waals surface area (Å²) in [5.41, 5.74) is 0. The maximum Gasteiger partial charge on any atom is 0.0914 e. The Bertz CT molecular complexity index is 188. The molecule has 1 saturated heterocycles. The van der Waals surface area contributed by atoms with Crippen LogP contribution >= 0.6 is 0 Å². The fraction of sp³-hybridized carbons (Fsp3) is 0.833. The van der Waals surface area contributed by atoms with E-state index >= 15 is 0 Å². The topological polar surface area (TPSA) is 23.6 Å². The average molecular weight is 248 g/mol. The third-order valence-corrected chi connectivity index (χ3v) is 3.57. The van der Waals surface area contributed by atoms with Crippen LogP contribution in [0.3, 0.4) is 0 Å². The van der Waals surface area contributed by atoms with E-state index in [0.29, 0.717) is 6.04 Å². The van der Waals surface area contributed by atoms with Crippen LogP contribution in [0.4, 0.5) is 0 Å². The summed E-state index contributed by atoms with van der Waals surface area (Å²) >= 11 is 0. The second-order valence-corrected chi connectivity index (χ2v) is 4.71. The molecular weight excluding hydrogens is 220 g/mol. The molecule has 0 saturated carbocycles. The first-order valence-electron chi connectivity index (χ1n) is 5.94. The van der Waals surface area contributed by atoms with E-state index < -0.39 is 11.0 Å². The lowest BCUT2D eigenvalue weighted by Gasteiger charge is -2.37. The van der Waals surface area contributed by atoms with Crippen LogP contribution in [-0.4, -0.2) is 52.4 Å². The van der Waals surface area contributed by atoms with E-state index in [2.05, 4.69) is 36.3 Å². The summed E-state index contributed by atoms with van der Waals surface area (Å²) in [6.45, 7) is 15.2. The van der Waals surface area contributed by atoms with Gasteiger partial charge in [0.1, 0.15) is 0 Å². The van der Waals surface area contributed by atoms with Crippen LogP contribution in [0.1, 0.15) is 27.2 Å². The Hall–Kier alpha value is -0.190. The molecule has 4 heteroatoms. The summed E-state index contributed by atoms with van der Waals surface area (Å²) in [6.07, 6.45) is 2.86. The second-order valence-electron chi connectivity index (χ2n) is 3.39. The van der Waals surface area contributed by atoms with Crippen LogP contribution in [0.25, 0.3) is 0 Å². The average Bonchev–Trinajstić information content (AvgIpc) is 2.33. The van der Waals surface area contributed by atoms with Gasteiger partial charge in [-0.1, -0.05) is 20.8 Å². The fourth-order valence-corrected chi connectivity index (χ4v) is 2.64. The highest BCUT2D eigenvalue weighted by Gasteiger charge is 2.25. The maximum atomic E-state index is 11.3. The Morgan fingerprint density at radius 2 is 1.81 bits per heavy atom. The Morgan fingerprint density at radius 1 is 1.31 bits per heavy atom. The van der Waals surface area contributed by atoms with Crippen LogP contribution < -0.4 is 0 Å². The first kappa shape index (κ1) is 18.2. The van der Waals surface area contributed by atoms with Crippen molar-refractivity contribution < 1.29 is 4.21 Å². The van der Waals surface area contributed by atoms with Gasteiger partial charge in [0, 0.05) is 31.9 Å². The quantitative estimate of drug-likeness (QED) is 0.699. The van der Waals surface area contributed by atoms with E-state index in [9.17, 15) is 4.21 Å². The fourth-order valence-electron chi connectivity index (χ4n) is 1.67. The Kier molecular flexibility index (Phi) is 12.8. The van der Waals surface area contributed by atoms with Crippen molar-refractivity contribution in [3.05, 3.63) is 13.2 Å². The summed E-state index contributed by atoms with van der Waals surface area (Å²) < 4.78 is 13.4. The number of nitrogens with zero attached hydrogens (tertiary/aromatic N) is 2. The summed E-state index contributed by atoms with van der Waals surface area (Å²) in [5, 5.41) is 0. The maximum absolute atomic E-state index is 11.3. The molecule has 0 amide bonds. The summed E-state index contributed by atoms with van der Waals surface area (Å²) in [4.78, 5) is 2.30. The molecule has 2 unspecified atom stereocenters. The van der Waals surface area contributed by atoms with Crippen LogP contribution in [0.5, 0.6) is 0 Å². The number of piperazine rings is 1. The number of likely N-dealkylation sites (N-methyl/N-ethyl adjacent to an activating group) is 1. The molecule has 0 N–H and O–H groups in total. The molecule has 0 aromatic carbocycles. The van der Waals surface area contributed by atoms with Gasteiger partial charge in [0.25, 0.3) is 0 Å². The van der Waals surface area contributed by atoms with Crippen LogP contribution in [0.2, 0.25) is 0 Å². The SMILES string of the molecule is C=C.CC.CCC1CN(C)CCN1S(C)=O. The highest BCUT2D eigenvalue weighted by molar-refractivity contribution is 7.81. The van der Waals surface area contributed by atoms with Crippen molar-refractivity contribution in [1.82, 2.24) is 9.21 Å². The van der Waals surface area contributed by atoms with Gasteiger partial charge < -0.3 is 4.90 Å². The zero-order valence-electron chi connectivity index (χ0n) is 11.5. The van der Waals surface area contributed by atoms with Crippen molar-refractivity contribution in [1.29, 1.82) is 0 Å². The lowest BCUT2D eigenvalue weighted by molar-refractivity contribution is 0.162. The molecule has 3 nitrogen and oxygen atoms in total. The highest BCUT2D eigenvalue weighted by Crippen LogP contribution is 2.12. The van der Waals surface area contributed by atoms with Crippen molar-refractivity contribution in [2.45, 2.75) is 33.2 Å². The van der Waals surface area contributed by atoms with Gasteiger partial charge in [-0.3, -0.25) is 0 Å². The third-order valence-electron chi connectivity index (χ3n) is 2.43. The highest BCUT2D eigenvalue weighted by atomic mass is 32.2. The molecular formula is C12H28N2OS. The second kappa shape index (κ2) is 11.3. The first-order valence-corrected chi connectivity index (χ1v) is 7.45. The number of hydrogen-bond acceptors (Lipinski definition) is 2. The first-order chi connectivity index (χ1) is 7.65. The summed E-state index contributed by atoms with van der Waals surface area (Å²) in [5.74, 6) is 0. The van der Waals surface area contributed by atoms with Gasteiger partial charge in [-0.15, -0.1) is 13.2 Å². The molecule has 0 aromatic rings. The number of rotatable bonds is 2. The molecule has 0 spiro atoms. The zero-order valence-corrected chi connectivity index (χ0v) is 12.3. The van der Waals surface area contributed by atoms with Gasteiger partial charge in [-0.05, 0) is 13.5 Å². The normalized spacial score (nSPS) is 23.4. The minimum Gasteiger partial charge on any atom is -0.303 e. The van der Waals surface area contributed by atoms with E-state index in [4.69, 9.17) is 0 Å². The zero-order chi connectivity index (χ0) is 13.1. The van der Waals surface area contributed by atoms with Crippen LogP contribution in [0, 0.1) is 0 Å². The monoisotopic (exact) mass is 248 g/mol. The summed E-state index contributed by atoms with van der Waals surface area (Å²) in [7, 11) is 1.33. The minimum absolute atomic E-state index is 0.481. The smallest absolute Gasteiger partial charge is 0.0914 e.